The van der Waals surface area contributed by atoms with E-state index in [0.717, 1.165) is 11.5 Å². The van der Waals surface area contributed by atoms with Crippen LogP contribution in [-0.2, 0) is 14.8 Å². The predicted octanol–water partition coefficient (Wildman–Crippen LogP) is 2.98. The minimum atomic E-state index is -3.66. The molecule has 0 spiro atoms. The van der Waals surface area contributed by atoms with Crippen LogP contribution in [0.25, 0.3) is 17.0 Å². The van der Waals surface area contributed by atoms with Gasteiger partial charge >= 0.3 is 5.97 Å². The van der Waals surface area contributed by atoms with E-state index in [2.05, 4.69) is 0 Å². The SMILES string of the molecule is O=C(O)/C=C/c1ccc2c(ccn2S(=O)(=O)c2ccccc2)c1. The number of carbonyl (C=O) groups is 1. The molecule has 0 aliphatic carbocycles. The molecule has 3 aromatic rings. The van der Waals surface area contributed by atoms with E-state index in [4.69, 9.17) is 5.11 Å². The average molecular weight is 327 g/mol. The maximum atomic E-state index is 12.7. The van der Waals surface area contributed by atoms with Crippen LogP contribution in [0.4, 0.5) is 0 Å². The van der Waals surface area contributed by atoms with Crippen molar-refractivity contribution in [3.05, 3.63) is 72.4 Å². The highest BCUT2D eigenvalue weighted by Gasteiger charge is 2.18. The van der Waals surface area contributed by atoms with E-state index in [-0.39, 0.29) is 4.90 Å². The van der Waals surface area contributed by atoms with Crippen LogP contribution in [0.2, 0.25) is 0 Å². The van der Waals surface area contributed by atoms with E-state index in [1.165, 1.54) is 16.2 Å². The molecule has 1 N–H and O–H groups in total. The molecule has 0 unspecified atom stereocenters. The van der Waals surface area contributed by atoms with Crippen LogP contribution < -0.4 is 0 Å². The summed E-state index contributed by atoms with van der Waals surface area (Å²) in [6, 6.07) is 15.0. The molecule has 0 atom stereocenters. The van der Waals surface area contributed by atoms with Gasteiger partial charge in [-0.3, -0.25) is 0 Å². The maximum absolute atomic E-state index is 12.7. The topological polar surface area (TPSA) is 76.4 Å². The smallest absolute Gasteiger partial charge is 0.328 e. The van der Waals surface area contributed by atoms with Gasteiger partial charge in [-0.1, -0.05) is 24.3 Å². The van der Waals surface area contributed by atoms with Crippen LogP contribution in [0, 0.1) is 0 Å². The quantitative estimate of drug-likeness (QED) is 0.747. The van der Waals surface area contributed by atoms with Gasteiger partial charge in [0.25, 0.3) is 10.0 Å². The molecule has 0 radical (unpaired) electrons. The second-order valence-corrected chi connectivity index (χ2v) is 6.73. The lowest BCUT2D eigenvalue weighted by atomic mass is 10.1. The fourth-order valence-corrected chi connectivity index (χ4v) is 3.70. The van der Waals surface area contributed by atoms with Crippen LogP contribution in [0.5, 0.6) is 0 Å². The lowest BCUT2D eigenvalue weighted by Crippen LogP contribution is -2.11. The fourth-order valence-electron chi connectivity index (χ4n) is 2.32. The summed E-state index contributed by atoms with van der Waals surface area (Å²) in [4.78, 5) is 10.8. The molecule has 5 nitrogen and oxygen atoms in total. The Morgan fingerprint density at radius 3 is 2.48 bits per heavy atom. The number of aromatic nitrogens is 1. The fraction of sp³-hybridized carbons (Fsp3) is 0. The van der Waals surface area contributed by atoms with Crippen LogP contribution in [0.1, 0.15) is 5.56 Å². The summed E-state index contributed by atoms with van der Waals surface area (Å²) in [6.45, 7) is 0. The van der Waals surface area contributed by atoms with Gasteiger partial charge in [0.05, 0.1) is 10.4 Å². The van der Waals surface area contributed by atoms with Gasteiger partial charge in [-0.15, -0.1) is 0 Å². The molecule has 0 saturated heterocycles. The number of fused-ring (bicyclic) bond motifs is 1. The minimum Gasteiger partial charge on any atom is -0.478 e. The van der Waals surface area contributed by atoms with E-state index in [0.29, 0.717) is 11.1 Å². The third-order valence-corrected chi connectivity index (χ3v) is 5.10. The van der Waals surface area contributed by atoms with E-state index in [1.54, 1.807) is 54.6 Å². The second kappa shape index (κ2) is 5.73. The van der Waals surface area contributed by atoms with Crippen LogP contribution in [0.3, 0.4) is 0 Å². The van der Waals surface area contributed by atoms with Crippen molar-refractivity contribution in [2.24, 2.45) is 0 Å². The van der Waals surface area contributed by atoms with Gasteiger partial charge in [0.1, 0.15) is 0 Å². The van der Waals surface area contributed by atoms with Crippen LogP contribution in [-0.4, -0.2) is 23.5 Å². The largest absolute Gasteiger partial charge is 0.478 e. The highest BCUT2D eigenvalue weighted by atomic mass is 32.2. The Balaban J connectivity index is 2.09. The third kappa shape index (κ3) is 2.89. The Labute approximate surface area is 133 Å². The second-order valence-electron chi connectivity index (χ2n) is 4.92. The normalized spacial score (nSPS) is 12.0. The Bertz CT molecular complexity index is 1000. The molecule has 0 amide bonds. The number of carboxylic acid groups (broad SMARTS) is 1. The zero-order valence-corrected chi connectivity index (χ0v) is 12.8. The first-order valence-corrected chi connectivity index (χ1v) is 8.25. The number of hydrogen-bond acceptors (Lipinski definition) is 3. The lowest BCUT2D eigenvalue weighted by molar-refractivity contribution is -0.131. The number of rotatable bonds is 4. The number of aliphatic carboxylic acids is 1. The molecule has 6 heteroatoms. The van der Waals surface area contributed by atoms with Gasteiger partial charge in [-0.05, 0) is 42.0 Å². The van der Waals surface area contributed by atoms with Crippen molar-refractivity contribution in [2.75, 3.05) is 0 Å². The Morgan fingerprint density at radius 2 is 1.78 bits per heavy atom. The summed E-state index contributed by atoms with van der Waals surface area (Å²) in [6.07, 6.45) is 4.00. The maximum Gasteiger partial charge on any atom is 0.328 e. The summed E-state index contributed by atoms with van der Waals surface area (Å²) in [7, 11) is -3.66. The molecule has 0 fully saturated rings. The molecule has 116 valence electrons. The molecule has 1 aromatic heterocycles. The van der Waals surface area contributed by atoms with Gasteiger partial charge in [-0.2, -0.15) is 0 Å². The molecular formula is C17H13NO4S. The van der Waals surface area contributed by atoms with Crippen molar-refractivity contribution in [2.45, 2.75) is 4.90 Å². The van der Waals surface area contributed by atoms with Crippen LogP contribution >= 0.6 is 0 Å². The van der Waals surface area contributed by atoms with Crippen molar-refractivity contribution in [1.29, 1.82) is 0 Å². The molecular weight excluding hydrogens is 314 g/mol. The van der Waals surface area contributed by atoms with Crippen molar-refractivity contribution in [3.8, 4) is 0 Å². The molecule has 0 saturated carbocycles. The Morgan fingerprint density at radius 1 is 1.04 bits per heavy atom. The first-order chi connectivity index (χ1) is 11.0. The van der Waals surface area contributed by atoms with E-state index < -0.39 is 16.0 Å². The minimum absolute atomic E-state index is 0.215. The summed E-state index contributed by atoms with van der Waals surface area (Å²) in [5.74, 6) is -1.03. The van der Waals surface area contributed by atoms with Crippen molar-refractivity contribution < 1.29 is 18.3 Å². The molecule has 0 aliphatic rings. The zero-order valence-electron chi connectivity index (χ0n) is 12.0. The van der Waals surface area contributed by atoms with Crippen LogP contribution in [0.15, 0.2) is 71.8 Å². The molecule has 23 heavy (non-hydrogen) atoms. The average Bonchev–Trinajstić information content (AvgIpc) is 2.97. The predicted molar refractivity (Wildman–Crippen MR) is 87.6 cm³/mol. The molecule has 3 rings (SSSR count). The van der Waals surface area contributed by atoms with Crippen molar-refractivity contribution in [1.82, 2.24) is 3.97 Å². The van der Waals surface area contributed by atoms with E-state index in [1.807, 2.05) is 0 Å². The lowest BCUT2D eigenvalue weighted by Gasteiger charge is -2.07. The van der Waals surface area contributed by atoms with Crippen molar-refractivity contribution >= 4 is 33.0 Å². The number of carboxylic acids is 1. The Hall–Kier alpha value is -2.86. The van der Waals surface area contributed by atoms with Gasteiger partial charge < -0.3 is 5.11 Å². The van der Waals surface area contributed by atoms with E-state index >= 15 is 0 Å². The number of nitrogens with zero attached hydrogens (tertiary/aromatic N) is 1. The molecule has 0 bridgehead atoms. The Kier molecular flexibility index (Phi) is 3.75. The van der Waals surface area contributed by atoms with E-state index in [9.17, 15) is 13.2 Å². The monoisotopic (exact) mass is 327 g/mol. The standard InChI is InChI=1S/C17H13NO4S/c19-17(20)9-7-13-6-8-16-14(12-13)10-11-18(16)23(21,22)15-4-2-1-3-5-15/h1-12H,(H,19,20)/b9-7+. The highest BCUT2D eigenvalue weighted by molar-refractivity contribution is 7.90. The van der Waals surface area contributed by atoms with Crippen molar-refractivity contribution in [3.63, 3.8) is 0 Å². The first-order valence-electron chi connectivity index (χ1n) is 6.81. The van der Waals surface area contributed by atoms with Gasteiger partial charge in [0.2, 0.25) is 0 Å². The molecule has 1 heterocycles. The zero-order chi connectivity index (χ0) is 16.4. The molecule has 0 aliphatic heterocycles. The molecule has 2 aromatic carbocycles. The van der Waals surface area contributed by atoms with Gasteiger partial charge in [0, 0.05) is 17.7 Å². The third-order valence-electron chi connectivity index (χ3n) is 3.40. The number of hydrogen-bond donors (Lipinski definition) is 1. The summed E-state index contributed by atoms with van der Waals surface area (Å²) >= 11 is 0. The summed E-state index contributed by atoms with van der Waals surface area (Å²) in [5.41, 5.74) is 1.23. The highest BCUT2D eigenvalue weighted by Crippen LogP contribution is 2.23. The van der Waals surface area contributed by atoms with Gasteiger partial charge in [0.15, 0.2) is 0 Å². The first kappa shape index (κ1) is 15.1. The summed E-state index contributed by atoms with van der Waals surface area (Å²) < 4.78 is 26.6. The number of benzene rings is 2. The summed E-state index contributed by atoms with van der Waals surface area (Å²) in [5, 5.41) is 9.37. The van der Waals surface area contributed by atoms with Gasteiger partial charge in [-0.25, -0.2) is 17.2 Å².